The van der Waals surface area contributed by atoms with Crippen LogP contribution in [0.3, 0.4) is 0 Å². The minimum atomic E-state index is -2.42. The lowest BCUT2D eigenvalue weighted by molar-refractivity contribution is 1.32. The molecule has 0 unspecified atom stereocenters. The summed E-state index contributed by atoms with van der Waals surface area (Å²) in [6, 6.07) is 74.5. The van der Waals surface area contributed by atoms with Gasteiger partial charge in [-0.15, -0.1) is 0 Å². The van der Waals surface area contributed by atoms with Crippen molar-refractivity contribution >= 4 is 57.3 Å². The van der Waals surface area contributed by atoms with Gasteiger partial charge in [-0.3, -0.25) is 9.49 Å². The van der Waals surface area contributed by atoms with Gasteiger partial charge in [0, 0.05) is 31.8 Å². The Morgan fingerprint density at radius 1 is 0.268 bits per heavy atom. The molecule has 0 N–H and O–H groups in total. The smallest absolute Gasteiger partial charge is 0.0683 e. The summed E-state index contributed by atoms with van der Waals surface area (Å²) >= 11 is 0. The average Bonchev–Trinajstić information content (AvgIpc) is 3.25. The lowest BCUT2D eigenvalue weighted by atomic mass is 9.95. The van der Waals surface area contributed by atoms with E-state index in [4.69, 9.17) is 9.49 Å². The van der Waals surface area contributed by atoms with Gasteiger partial charge in [-0.2, -0.15) is 0 Å². The number of hydrogen-bond acceptors (Lipinski definition) is 2. The van der Waals surface area contributed by atoms with Gasteiger partial charge in [0.25, 0.3) is 0 Å². The van der Waals surface area contributed by atoms with Gasteiger partial charge >= 0.3 is 0 Å². The Hall–Kier alpha value is -5.78. The summed E-state index contributed by atoms with van der Waals surface area (Å²) in [5.41, 5.74) is 9.16. The first-order valence-corrected chi connectivity index (χ1v) is 22.7. The summed E-state index contributed by atoms with van der Waals surface area (Å²) in [6.07, 6.45) is 0. The Morgan fingerprint density at radius 3 is 0.625 bits per heavy atom. The van der Waals surface area contributed by atoms with Gasteiger partial charge in [0.2, 0.25) is 0 Å². The highest BCUT2D eigenvalue weighted by Crippen LogP contribution is 2.52. The molecule has 0 spiro atoms. The summed E-state index contributed by atoms with van der Waals surface area (Å²) < 4.78 is 11.8. The second kappa shape index (κ2) is 16.1. The van der Waals surface area contributed by atoms with Crippen molar-refractivity contribution in [2.45, 2.75) is 27.7 Å². The molecule has 2 nitrogen and oxygen atoms in total. The van der Waals surface area contributed by atoms with Gasteiger partial charge in [0.15, 0.2) is 0 Å². The SMILES string of the molecule is Cc1cc(-c2cc(C)c(N=P(c3ccccc3)(c3ccccc3)c3ccccc3)c(C)c2)cc(C)c1N=P(c1ccccc1)(c1ccccc1)c1ccccc1. The van der Waals surface area contributed by atoms with E-state index in [1.54, 1.807) is 0 Å². The van der Waals surface area contributed by atoms with Crippen LogP contribution in [0.2, 0.25) is 0 Å². The summed E-state index contributed by atoms with van der Waals surface area (Å²) in [4.78, 5) is 0. The molecular formula is C52H46N2P2. The van der Waals surface area contributed by atoms with Crippen molar-refractivity contribution in [3.8, 4) is 11.1 Å². The summed E-state index contributed by atoms with van der Waals surface area (Å²) in [5.74, 6) is 0. The Morgan fingerprint density at radius 2 is 0.446 bits per heavy atom. The largest absolute Gasteiger partial charge is 0.253 e. The van der Waals surface area contributed by atoms with E-state index in [9.17, 15) is 0 Å². The minimum Gasteiger partial charge on any atom is -0.253 e. The van der Waals surface area contributed by atoms with Gasteiger partial charge in [-0.25, -0.2) is 0 Å². The predicted molar refractivity (Wildman–Crippen MR) is 245 cm³/mol. The third-order valence-corrected chi connectivity index (χ3v) is 17.9. The highest BCUT2D eigenvalue weighted by atomic mass is 31.2. The van der Waals surface area contributed by atoms with E-state index in [0.29, 0.717) is 0 Å². The highest BCUT2D eigenvalue weighted by Gasteiger charge is 2.30. The van der Waals surface area contributed by atoms with Crippen LogP contribution in [-0.4, -0.2) is 0 Å². The number of benzene rings is 8. The summed E-state index contributed by atoms with van der Waals surface area (Å²) in [7, 11) is -4.84. The second-order valence-corrected chi connectivity index (χ2v) is 20.4. The Bertz CT molecular complexity index is 2270. The van der Waals surface area contributed by atoms with Crippen LogP contribution in [0.15, 0.2) is 216 Å². The second-order valence-electron chi connectivity index (χ2n) is 14.4. The average molecular weight is 761 g/mol. The zero-order valence-corrected chi connectivity index (χ0v) is 34.2. The molecule has 8 rings (SSSR count). The molecule has 4 heteroatoms. The molecule has 0 bridgehead atoms. The molecule has 0 saturated heterocycles. The van der Waals surface area contributed by atoms with E-state index in [-0.39, 0.29) is 0 Å². The number of hydrogen-bond donors (Lipinski definition) is 0. The normalized spacial score (nSPS) is 11.6. The molecule has 0 amide bonds. The van der Waals surface area contributed by atoms with Crippen LogP contribution in [0.1, 0.15) is 22.3 Å². The van der Waals surface area contributed by atoms with Gasteiger partial charge in [-0.1, -0.05) is 182 Å². The van der Waals surface area contributed by atoms with Crippen molar-refractivity contribution in [3.05, 3.63) is 229 Å². The molecular weight excluding hydrogens is 715 g/mol. The van der Waals surface area contributed by atoms with E-state index in [0.717, 1.165) is 11.4 Å². The molecule has 0 aliphatic rings. The van der Waals surface area contributed by atoms with Gasteiger partial charge in [0.1, 0.15) is 0 Å². The molecule has 0 atom stereocenters. The molecule has 0 aliphatic carbocycles. The van der Waals surface area contributed by atoms with Crippen molar-refractivity contribution in [1.82, 2.24) is 0 Å². The van der Waals surface area contributed by atoms with Crippen LogP contribution in [-0.2, 0) is 0 Å². The lowest BCUT2D eigenvalue weighted by Crippen LogP contribution is -2.25. The van der Waals surface area contributed by atoms with Gasteiger partial charge in [0.05, 0.1) is 25.5 Å². The summed E-state index contributed by atoms with van der Waals surface area (Å²) in [6.45, 7) is 8.86. The maximum Gasteiger partial charge on any atom is 0.0683 e. The van der Waals surface area contributed by atoms with E-state index >= 15 is 0 Å². The third kappa shape index (κ3) is 6.97. The molecule has 8 aromatic rings. The maximum absolute atomic E-state index is 5.91. The van der Waals surface area contributed by atoms with Crippen molar-refractivity contribution in [2.75, 3.05) is 0 Å². The fourth-order valence-corrected chi connectivity index (χ4v) is 15.3. The first-order valence-electron chi connectivity index (χ1n) is 19.2. The van der Waals surface area contributed by atoms with Crippen molar-refractivity contribution < 1.29 is 0 Å². The van der Waals surface area contributed by atoms with Crippen LogP contribution >= 0.6 is 14.1 Å². The number of nitrogens with zero attached hydrogens (tertiary/aromatic N) is 2. The molecule has 8 aromatic carbocycles. The van der Waals surface area contributed by atoms with E-state index in [2.05, 4.69) is 234 Å². The van der Waals surface area contributed by atoms with Crippen LogP contribution < -0.4 is 31.8 Å². The molecule has 0 aromatic heterocycles. The third-order valence-electron chi connectivity index (χ3n) is 10.6. The topological polar surface area (TPSA) is 24.7 Å². The number of rotatable bonds is 9. The molecule has 274 valence electrons. The Kier molecular flexibility index (Phi) is 10.7. The Labute approximate surface area is 332 Å². The zero-order chi connectivity index (χ0) is 38.5. The highest BCUT2D eigenvalue weighted by molar-refractivity contribution is 7.88. The quantitative estimate of drug-likeness (QED) is 0.131. The molecule has 0 radical (unpaired) electrons. The minimum absolute atomic E-state index is 1.06. The van der Waals surface area contributed by atoms with Crippen molar-refractivity contribution in [1.29, 1.82) is 0 Å². The molecule has 56 heavy (non-hydrogen) atoms. The van der Waals surface area contributed by atoms with Crippen LogP contribution in [0.4, 0.5) is 11.4 Å². The van der Waals surface area contributed by atoms with Crippen LogP contribution in [0, 0.1) is 27.7 Å². The predicted octanol–water partition coefficient (Wildman–Crippen LogP) is 12.2. The molecule has 0 fully saturated rings. The first-order chi connectivity index (χ1) is 27.4. The fraction of sp³-hybridized carbons (Fsp3) is 0.0769. The molecule has 0 aliphatic heterocycles. The maximum atomic E-state index is 5.91. The monoisotopic (exact) mass is 760 g/mol. The lowest BCUT2D eigenvalue weighted by Gasteiger charge is -2.28. The van der Waals surface area contributed by atoms with Crippen LogP contribution in [0.5, 0.6) is 0 Å². The Balaban J connectivity index is 1.31. The zero-order valence-electron chi connectivity index (χ0n) is 32.4. The summed E-state index contributed by atoms with van der Waals surface area (Å²) in [5, 5.41) is 7.45. The van der Waals surface area contributed by atoms with E-state index in [1.807, 2.05) is 0 Å². The standard InChI is InChI=1S/C52H46N2P2/c1-39-35-43(36-40(2)51(39)53-55(45-23-11-5-12-24-45,46-25-13-6-14-26-46)47-27-15-7-16-28-47)44-37-41(3)52(42(4)38-44)54-56(48-29-17-8-18-30-48,49-31-19-9-20-32-49)50-33-21-10-22-34-50/h5-38H,1-4H3. The van der Waals surface area contributed by atoms with Gasteiger partial charge in [-0.05, 0) is 85.3 Å². The van der Waals surface area contributed by atoms with Crippen molar-refractivity contribution in [3.63, 3.8) is 0 Å². The van der Waals surface area contributed by atoms with Crippen molar-refractivity contribution in [2.24, 2.45) is 9.49 Å². The molecule has 0 heterocycles. The van der Waals surface area contributed by atoms with Gasteiger partial charge < -0.3 is 0 Å². The van der Waals surface area contributed by atoms with Crippen LogP contribution in [0.25, 0.3) is 11.1 Å². The number of aryl methyl sites for hydroxylation is 4. The molecule has 0 saturated carbocycles. The first kappa shape index (κ1) is 37.2. The fourth-order valence-electron chi connectivity index (χ4n) is 7.96. The van der Waals surface area contributed by atoms with E-state index < -0.39 is 14.1 Å². The van der Waals surface area contributed by atoms with E-state index in [1.165, 1.54) is 65.2 Å².